The number of aromatic nitrogens is 6. The number of benzene rings is 1. The number of rotatable bonds is 4. The van der Waals surface area contributed by atoms with Gasteiger partial charge in [-0.2, -0.15) is 17.9 Å². The molecule has 164 valence electrons. The zero-order valence-corrected chi connectivity index (χ0v) is 17.0. The van der Waals surface area contributed by atoms with Crippen LogP contribution < -0.4 is 9.64 Å². The molecule has 2 atom stereocenters. The van der Waals surface area contributed by atoms with E-state index in [1.165, 1.54) is 11.8 Å². The summed E-state index contributed by atoms with van der Waals surface area (Å²) in [5, 5.41) is 11.2. The molecule has 0 spiro atoms. The van der Waals surface area contributed by atoms with Crippen molar-refractivity contribution >= 4 is 5.95 Å². The van der Waals surface area contributed by atoms with Crippen LogP contribution in [0.3, 0.4) is 0 Å². The van der Waals surface area contributed by atoms with Crippen LogP contribution in [0.25, 0.3) is 17.1 Å². The molecule has 0 unspecified atom stereocenters. The molecule has 1 saturated heterocycles. The van der Waals surface area contributed by atoms with Crippen molar-refractivity contribution in [3.8, 4) is 22.8 Å². The molecular formula is C19H20F3N7O2. The highest BCUT2D eigenvalue weighted by atomic mass is 19.4. The van der Waals surface area contributed by atoms with Crippen molar-refractivity contribution in [1.29, 1.82) is 0 Å². The van der Waals surface area contributed by atoms with Gasteiger partial charge in [-0.3, -0.25) is 0 Å². The van der Waals surface area contributed by atoms with E-state index in [2.05, 4.69) is 25.5 Å². The normalized spacial score (nSPS) is 19.5. The van der Waals surface area contributed by atoms with Crippen molar-refractivity contribution in [2.75, 3.05) is 25.2 Å². The van der Waals surface area contributed by atoms with Crippen LogP contribution in [0.4, 0.5) is 19.1 Å². The molecule has 12 heteroatoms. The van der Waals surface area contributed by atoms with Gasteiger partial charge in [0.2, 0.25) is 5.95 Å². The van der Waals surface area contributed by atoms with E-state index < -0.39 is 11.9 Å². The zero-order chi connectivity index (χ0) is 22.2. The molecule has 4 rings (SSSR count). The molecule has 1 aliphatic rings. The van der Waals surface area contributed by atoms with Gasteiger partial charge in [-0.15, -0.1) is 5.10 Å². The number of tetrazole rings is 1. The highest BCUT2D eigenvalue weighted by Crippen LogP contribution is 2.36. The fraction of sp³-hybridized carbons (Fsp3) is 0.421. The van der Waals surface area contributed by atoms with E-state index in [1.54, 1.807) is 29.2 Å². The number of halogens is 3. The molecule has 0 saturated carbocycles. The minimum atomic E-state index is -4.73. The number of methoxy groups -OCH3 is 1. The van der Waals surface area contributed by atoms with Gasteiger partial charge in [0, 0.05) is 6.20 Å². The smallest absolute Gasteiger partial charge is 0.434 e. The van der Waals surface area contributed by atoms with Crippen LogP contribution in [-0.2, 0) is 10.9 Å². The predicted molar refractivity (Wildman–Crippen MR) is 104 cm³/mol. The van der Waals surface area contributed by atoms with Gasteiger partial charge in [-0.05, 0) is 48.5 Å². The number of anilines is 1. The van der Waals surface area contributed by atoms with E-state index >= 15 is 0 Å². The van der Waals surface area contributed by atoms with Crippen LogP contribution in [-0.4, -0.2) is 62.6 Å². The molecule has 3 aromatic rings. The van der Waals surface area contributed by atoms with Crippen molar-refractivity contribution in [2.24, 2.45) is 0 Å². The first kappa shape index (κ1) is 21.0. The largest absolute Gasteiger partial charge is 0.497 e. The van der Waals surface area contributed by atoms with Gasteiger partial charge in [0.05, 0.1) is 43.7 Å². The summed E-state index contributed by atoms with van der Waals surface area (Å²) < 4.78 is 53.7. The van der Waals surface area contributed by atoms with Crippen LogP contribution in [0.1, 0.15) is 19.5 Å². The Balaban J connectivity index is 1.80. The molecule has 2 aromatic heterocycles. The third-order valence-corrected chi connectivity index (χ3v) is 4.97. The minimum absolute atomic E-state index is 0.0113. The summed E-state index contributed by atoms with van der Waals surface area (Å²) >= 11 is 0. The number of ether oxygens (including phenoxy) is 2. The van der Waals surface area contributed by atoms with E-state index in [0.29, 0.717) is 24.7 Å². The molecule has 0 amide bonds. The average Bonchev–Trinajstić information content (AvgIpc) is 3.23. The first-order chi connectivity index (χ1) is 14.8. The van der Waals surface area contributed by atoms with E-state index in [0.717, 1.165) is 6.20 Å². The molecule has 1 aromatic carbocycles. The van der Waals surface area contributed by atoms with Gasteiger partial charge in [0.25, 0.3) is 0 Å². The maximum atomic E-state index is 14.0. The number of hydrogen-bond donors (Lipinski definition) is 0. The highest BCUT2D eigenvalue weighted by Gasteiger charge is 2.39. The molecule has 0 N–H and O–H groups in total. The molecular weight excluding hydrogens is 415 g/mol. The Bertz CT molecular complexity index is 1050. The lowest BCUT2D eigenvalue weighted by atomic mass is 10.1. The van der Waals surface area contributed by atoms with Crippen molar-refractivity contribution in [1.82, 2.24) is 30.2 Å². The maximum absolute atomic E-state index is 14.0. The van der Waals surface area contributed by atoms with Crippen LogP contribution in [0, 0.1) is 0 Å². The second kappa shape index (κ2) is 8.10. The number of hydrogen-bond acceptors (Lipinski definition) is 8. The Morgan fingerprint density at radius 3 is 2.39 bits per heavy atom. The monoisotopic (exact) mass is 435 g/mol. The van der Waals surface area contributed by atoms with Crippen molar-refractivity contribution < 1.29 is 22.6 Å². The Morgan fingerprint density at radius 2 is 1.77 bits per heavy atom. The summed E-state index contributed by atoms with van der Waals surface area (Å²) in [7, 11) is 1.52. The molecule has 0 aliphatic carbocycles. The van der Waals surface area contributed by atoms with Crippen LogP contribution in [0.2, 0.25) is 0 Å². The number of alkyl halides is 3. The lowest BCUT2D eigenvalue weighted by Gasteiger charge is -2.38. The number of nitrogens with zero attached hydrogens (tertiary/aromatic N) is 7. The van der Waals surface area contributed by atoms with Gasteiger partial charge in [0.15, 0.2) is 11.5 Å². The van der Waals surface area contributed by atoms with Gasteiger partial charge in [-0.1, -0.05) is 0 Å². The third kappa shape index (κ3) is 4.02. The summed E-state index contributed by atoms with van der Waals surface area (Å²) in [6.45, 7) is 4.47. The average molecular weight is 435 g/mol. The van der Waals surface area contributed by atoms with E-state index in [-0.39, 0.29) is 29.4 Å². The fourth-order valence-electron chi connectivity index (χ4n) is 3.53. The Kier molecular flexibility index (Phi) is 5.48. The zero-order valence-electron chi connectivity index (χ0n) is 17.0. The Labute approximate surface area is 175 Å². The van der Waals surface area contributed by atoms with Crippen LogP contribution in [0.5, 0.6) is 5.75 Å². The summed E-state index contributed by atoms with van der Waals surface area (Å²) in [6.07, 6.45) is -3.62. The lowest BCUT2D eigenvalue weighted by molar-refractivity contribution is -0.140. The molecule has 3 heterocycles. The molecule has 9 nitrogen and oxygen atoms in total. The highest BCUT2D eigenvalue weighted by molar-refractivity contribution is 5.61. The van der Waals surface area contributed by atoms with E-state index in [9.17, 15) is 13.2 Å². The first-order valence-electron chi connectivity index (χ1n) is 9.53. The van der Waals surface area contributed by atoms with Crippen LogP contribution in [0.15, 0.2) is 30.5 Å². The van der Waals surface area contributed by atoms with Crippen molar-refractivity contribution in [3.05, 3.63) is 36.2 Å². The quantitative estimate of drug-likeness (QED) is 0.618. The minimum Gasteiger partial charge on any atom is -0.497 e. The van der Waals surface area contributed by atoms with E-state index in [1.807, 2.05) is 13.8 Å². The predicted octanol–water partition coefficient (Wildman–Crippen LogP) is 2.76. The Hall–Kier alpha value is -3.28. The summed E-state index contributed by atoms with van der Waals surface area (Å²) in [5.41, 5.74) is -0.952. The Morgan fingerprint density at radius 1 is 1.10 bits per heavy atom. The molecule has 31 heavy (non-hydrogen) atoms. The second-order valence-corrected chi connectivity index (χ2v) is 7.19. The van der Waals surface area contributed by atoms with Gasteiger partial charge >= 0.3 is 6.18 Å². The topological polar surface area (TPSA) is 91.1 Å². The fourth-order valence-corrected chi connectivity index (χ4v) is 3.53. The molecule has 1 aliphatic heterocycles. The number of morpholine rings is 1. The third-order valence-electron chi connectivity index (χ3n) is 4.97. The standard InChI is InChI=1S/C19H20F3N7O2/c1-11-9-31-10-12(2)28(11)18-23-8-15(16(24-18)19(20,21)22)17-25-26-27-29(17)13-4-6-14(30-3)7-5-13/h4-8,11-12H,9-10H2,1-3H3/t11-,12-/m1/s1. The second-order valence-electron chi connectivity index (χ2n) is 7.19. The summed E-state index contributed by atoms with van der Waals surface area (Å²) in [5.74, 6) is 0.464. The van der Waals surface area contributed by atoms with Crippen molar-refractivity contribution in [3.63, 3.8) is 0 Å². The SMILES string of the molecule is COc1ccc(-n2nnnc2-c2cnc(N3[C@H](C)COC[C@H]3C)nc2C(F)(F)F)cc1. The molecule has 0 radical (unpaired) electrons. The molecule has 0 bridgehead atoms. The van der Waals surface area contributed by atoms with Crippen molar-refractivity contribution in [2.45, 2.75) is 32.1 Å². The lowest BCUT2D eigenvalue weighted by Crippen LogP contribution is -2.50. The summed E-state index contributed by atoms with van der Waals surface area (Å²) in [6, 6.07) is 6.26. The van der Waals surface area contributed by atoms with Crippen LogP contribution >= 0.6 is 0 Å². The van der Waals surface area contributed by atoms with Gasteiger partial charge < -0.3 is 14.4 Å². The van der Waals surface area contributed by atoms with Gasteiger partial charge in [-0.25, -0.2) is 9.97 Å². The van der Waals surface area contributed by atoms with E-state index in [4.69, 9.17) is 9.47 Å². The first-order valence-corrected chi connectivity index (χ1v) is 9.53. The summed E-state index contributed by atoms with van der Waals surface area (Å²) in [4.78, 5) is 9.85. The molecule has 1 fully saturated rings. The maximum Gasteiger partial charge on any atom is 0.434 e. The van der Waals surface area contributed by atoms with Gasteiger partial charge in [0.1, 0.15) is 5.75 Å².